The Hall–Kier alpha value is -1.27. The molecule has 6 heteroatoms. The minimum atomic E-state index is -0.370. The number of hydrogen-bond donors (Lipinski definition) is 3. The number of carbonyl (C=O) groups is 1. The lowest BCUT2D eigenvalue weighted by Crippen LogP contribution is -2.41. The fourth-order valence-corrected chi connectivity index (χ4v) is 3.82. The van der Waals surface area contributed by atoms with E-state index in [1.807, 2.05) is 13.0 Å². The van der Waals surface area contributed by atoms with E-state index in [1.54, 1.807) is 13.0 Å². The molecule has 0 aromatic heterocycles. The molecule has 0 saturated carbocycles. The van der Waals surface area contributed by atoms with Gasteiger partial charge >= 0.3 is 6.03 Å². The molecule has 3 atom stereocenters. The monoisotopic (exact) mass is 326 g/mol. The molecule has 2 rings (SSSR count). The number of benzene rings is 1. The molecule has 3 unspecified atom stereocenters. The molecule has 0 bridgehead atoms. The third-order valence-corrected chi connectivity index (χ3v) is 4.84. The quantitative estimate of drug-likeness (QED) is 0.779. The Kier molecular flexibility index (Phi) is 6.08. The van der Waals surface area contributed by atoms with Crippen LogP contribution in [0.3, 0.4) is 0 Å². The fourth-order valence-electron chi connectivity index (χ4n) is 2.68. The second kappa shape index (κ2) is 7.83. The molecule has 2 amide bonds. The highest BCUT2D eigenvalue weighted by Crippen LogP contribution is 2.37. The number of halogens is 1. The molecule has 3 N–H and O–H groups in total. The second-order valence-corrected chi connectivity index (χ2v) is 7.00. The van der Waals surface area contributed by atoms with Gasteiger partial charge in [-0.1, -0.05) is 19.1 Å². The Morgan fingerprint density at radius 3 is 3.00 bits per heavy atom. The predicted octanol–water partition coefficient (Wildman–Crippen LogP) is 3.07. The number of amides is 2. The van der Waals surface area contributed by atoms with Gasteiger partial charge in [-0.3, -0.25) is 0 Å². The minimum Gasteiger partial charge on any atom is -0.393 e. The largest absolute Gasteiger partial charge is 0.393 e. The fraction of sp³-hybridized carbons (Fsp3) is 0.562. The van der Waals surface area contributed by atoms with Crippen molar-refractivity contribution in [2.24, 2.45) is 5.92 Å². The highest BCUT2D eigenvalue weighted by Gasteiger charge is 2.24. The summed E-state index contributed by atoms with van der Waals surface area (Å²) in [5.41, 5.74) is 0.850. The van der Waals surface area contributed by atoms with Crippen molar-refractivity contribution in [2.45, 2.75) is 43.7 Å². The molecular weight excluding hydrogens is 303 g/mol. The smallest absolute Gasteiger partial charge is 0.315 e. The van der Waals surface area contributed by atoms with Gasteiger partial charge in [-0.05, 0) is 37.3 Å². The Morgan fingerprint density at radius 2 is 2.27 bits per heavy atom. The molecule has 1 aromatic carbocycles. The zero-order valence-electron chi connectivity index (χ0n) is 12.9. The standard InChI is InChI=1S/C16H23FN2O2S/c1-10(8-11(2)20)9-18-16(21)19-14-6-7-22-15-12(14)4-3-5-13(15)17/h3-5,10-11,14,20H,6-9H2,1-2H3,(H2,18,19,21). The SMILES string of the molecule is CC(O)CC(C)CNC(=O)NC1CCSc2c(F)cccc21. The summed E-state index contributed by atoms with van der Waals surface area (Å²) < 4.78 is 13.8. The number of aliphatic hydroxyl groups excluding tert-OH is 1. The van der Waals surface area contributed by atoms with Crippen molar-refractivity contribution >= 4 is 17.8 Å². The molecule has 0 aliphatic carbocycles. The summed E-state index contributed by atoms with van der Waals surface area (Å²) in [4.78, 5) is 12.7. The van der Waals surface area contributed by atoms with Gasteiger partial charge in [-0.25, -0.2) is 9.18 Å². The summed E-state index contributed by atoms with van der Waals surface area (Å²) in [5, 5.41) is 15.1. The number of rotatable bonds is 5. The highest BCUT2D eigenvalue weighted by atomic mass is 32.2. The van der Waals surface area contributed by atoms with E-state index >= 15 is 0 Å². The van der Waals surface area contributed by atoms with E-state index in [2.05, 4.69) is 10.6 Å². The van der Waals surface area contributed by atoms with E-state index in [0.29, 0.717) is 17.9 Å². The Balaban J connectivity index is 1.90. The molecule has 0 fully saturated rings. The molecule has 122 valence electrons. The van der Waals surface area contributed by atoms with Crippen LogP contribution in [0.25, 0.3) is 0 Å². The molecule has 0 radical (unpaired) electrons. The van der Waals surface area contributed by atoms with Crippen LogP contribution in [0.2, 0.25) is 0 Å². The first kappa shape index (κ1) is 17.1. The van der Waals surface area contributed by atoms with Crippen LogP contribution in [0.4, 0.5) is 9.18 Å². The number of aliphatic hydroxyl groups is 1. The van der Waals surface area contributed by atoms with E-state index in [1.165, 1.54) is 17.8 Å². The van der Waals surface area contributed by atoms with Crippen molar-refractivity contribution in [2.75, 3.05) is 12.3 Å². The molecule has 0 saturated heterocycles. The lowest BCUT2D eigenvalue weighted by Gasteiger charge is -2.26. The van der Waals surface area contributed by atoms with Gasteiger partial charge in [0.25, 0.3) is 0 Å². The number of urea groups is 1. The van der Waals surface area contributed by atoms with Gasteiger partial charge in [0.15, 0.2) is 0 Å². The summed E-state index contributed by atoms with van der Waals surface area (Å²) in [6.45, 7) is 4.23. The van der Waals surface area contributed by atoms with Gasteiger partial charge in [0.2, 0.25) is 0 Å². The molecule has 4 nitrogen and oxygen atoms in total. The average molecular weight is 326 g/mol. The molecule has 22 heavy (non-hydrogen) atoms. The normalized spacial score (nSPS) is 19.9. The Bertz CT molecular complexity index is 525. The summed E-state index contributed by atoms with van der Waals surface area (Å²) in [7, 11) is 0. The zero-order valence-corrected chi connectivity index (χ0v) is 13.8. The topological polar surface area (TPSA) is 61.4 Å². The van der Waals surface area contributed by atoms with Gasteiger partial charge in [-0.2, -0.15) is 0 Å². The summed E-state index contributed by atoms with van der Waals surface area (Å²) >= 11 is 1.50. The van der Waals surface area contributed by atoms with Crippen molar-refractivity contribution in [1.82, 2.24) is 10.6 Å². The maximum atomic E-state index is 13.8. The van der Waals surface area contributed by atoms with Crippen molar-refractivity contribution in [3.8, 4) is 0 Å². The van der Waals surface area contributed by atoms with Gasteiger partial charge < -0.3 is 15.7 Å². The third kappa shape index (κ3) is 4.61. The maximum absolute atomic E-state index is 13.8. The van der Waals surface area contributed by atoms with Crippen LogP contribution >= 0.6 is 11.8 Å². The number of carbonyl (C=O) groups excluding carboxylic acids is 1. The van der Waals surface area contributed by atoms with Crippen LogP contribution in [0, 0.1) is 11.7 Å². The zero-order chi connectivity index (χ0) is 16.1. The molecule has 1 heterocycles. The molecule has 1 aromatic rings. The molecular formula is C16H23FN2O2S. The van der Waals surface area contributed by atoms with E-state index in [0.717, 1.165) is 17.7 Å². The number of fused-ring (bicyclic) bond motifs is 1. The highest BCUT2D eigenvalue weighted by molar-refractivity contribution is 7.99. The molecule has 1 aliphatic rings. The Labute approximate surface area is 134 Å². The first-order chi connectivity index (χ1) is 10.5. The van der Waals surface area contributed by atoms with Crippen LogP contribution < -0.4 is 10.6 Å². The minimum absolute atomic E-state index is 0.154. The van der Waals surface area contributed by atoms with Crippen LogP contribution in [0.15, 0.2) is 23.1 Å². The first-order valence-electron chi connectivity index (χ1n) is 7.61. The van der Waals surface area contributed by atoms with Crippen LogP contribution in [0.5, 0.6) is 0 Å². The predicted molar refractivity (Wildman–Crippen MR) is 86.5 cm³/mol. The number of nitrogens with one attached hydrogen (secondary N) is 2. The second-order valence-electron chi connectivity index (χ2n) is 5.89. The van der Waals surface area contributed by atoms with Crippen LogP contribution in [-0.2, 0) is 0 Å². The lowest BCUT2D eigenvalue weighted by atomic mass is 10.0. The average Bonchev–Trinajstić information content (AvgIpc) is 2.46. The van der Waals surface area contributed by atoms with Gasteiger partial charge in [0.05, 0.1) is 12.1 Å². The summed E-state index contributed by atoms with van der Waals surface area (Å²) in [6, 6.07) is 4.60. The molecule has 0 spiro atoms. The summed E-state index contributed by atoms with van der Waals surface area (Å²) in [5.74, 6) is 0.773. The van der Waals surface area contributed by atoms with E-state index in [4.69, 9.17) is 0 Å². The van der Waals surface area contributed by atoms with Crippen molar-refractivity contribution in [3.63, 3.8) is 0 Å². The third-order valence-electron chi connectivity index (χ3n) is 3.69. The van der Waals surface area contributed by atoms with Crippen molar-refractivity contribution in [3.05, 3.63) is 29.6 Å². The van der Waals surface area contributed by atoms with Gasteiger partial charge in [0, 0.05) is 17.2 Å². The van der Waals surface area contributed by atoms with Crippen molar-refractivity contribution < 1.29 is 14.3 Å². The van der Waals surface area contributed by atoms with Gasteiger partial charge in [0.1, 0.15) is 5.82 Å². The van der Waals surface area contributed by atoms with Gasteiger partial charge in [-0.15, -0.1) is 11.8 Å². The maximum Gasteiger partial charge on any atom is 0.315 e. The van der Waals surface area contributed by atoms with Crippen LogP contribution in [0.1, 0.15) is 38.3 Å². The van der Waals surface area contributed by atoms with E-state index < -0.39 is 0 Å². The first-order valence-corrected chi connectivity index (χ1v) is 8.59. The van der Waals surface area contributed by atoms with Crippen LogP contribution in [-0.4, -0.2) is 29.5 Å². The number of thioether (sulfide) groups is 1. The lowest BCUT2D eigenvalue weighted by molar-refractivity contribution is 0.163. The number of hydrogen-bond acceptors (Lipinski definition) is 3. The summed E-state index contributed by atoms with van der Waals surface area (Å²) in [6.07, 6.45) is 1.07. The van der Waals surface area contributed by atoms with Crippen molar-refractivity contribution in [1.29, 1.82) is 0 Å². The van der Waals surface area contributed by atoms with E-state index in [9.17, 15) is 14.3 Å². The molecule has 1 aliphatic heterocycles. The van der Waals surface area contributed by atoms with E-state index in [-0.39, 0.29) is 29.9 Å². The Morgan fingerprint density at radius 1 is 1.50 bits per heavy atom.